The highest BCUT2D eigenvalue weighted by Gasteiger charge is 2.27. The van der Waals surface area contributed by atoms with E-state index in [1.165, 1.54) is 16.8 Å². The maximum Gasteiger partial charge on any atom is 0.227 e. The number of aromatic nitrogens is 2. The number of nitrogens with one attached hydrogen (secondary N) is 1. The normalized spacial score (nSPS) is 19.9. The highest BCUT2D eigenvalue weighted by Crippen LogP contribution is 2.26. The Kier molecular flexibility index (Phi) is 4.98. The van der Waals surface area contributed by atoms with Gasteiger partial charge in [-0.15, -0.1) is 0 Å². The Morgan fingerprint density at radius 1 is 1.31 bits per heavy atom. The van der Waals surface area contributed by atoms with Crippen LogP contribution in [0.4, 0.5) is 0 Å². The molecule has 1 saturated heterocycles. The van der Waals surface area contributed by atoms with Crippen LogP contribution in [0.2, 0.25) is 0 Å². The first-order valence-corrected chi connectivity index (χ1v) is 9.58. The molecule has 26 heavy (non-hydrogen) atoms. The van der Waals surface area contributed by atoms with Crippen LogP contribution in [0, 0.1) is 6.92 Å². The molecule has 5 heteroatoms. The summed E-state index contributed by atoms with van der Waals surface area (Å²) in [5, 5.41) is 3.36. The lowest BCUT2D eigenvalue weighted by molar-refractivity contribution is -0.131. The number of fused-ring (bicyclic) bond motifs is 1. The maximum absolute atomic E-state index is 12.7. The van der Waals surface area contributed by atoms with Crippen molar-refractivity contribution in [1.82, 2.24) is 20.2 Å². The van der Waals surface area contributed by atoms with E-state index in [4.69, 9.17) is 4.98 Å². The summed E-state index contributed by atoms with van der Waals surface area (Å²) in [7, 11) is 0. The molecule has 1 N–H and O–H groups in total. The molecule has 0 radical (unpaired) electrons. The van der Waals surface area contributed by atoms with Crippen LogP contribution in [-0.2, 0) is 24.2 Å². The zero-order valence-electron chi connectivity index (χ0n) is 15.4. The molecule has 1 aromatic heterocycles. The minimum atomic E-state index is 0.209. The van der Waals surface area contributed by atoms with E-state index < -0.39 is 0 Å². The molecule has 0 aliphatic carbocycles. The number of amides is 1. The third kappa shape index (κ3) is 3.78. The van der Waals surface area contributed by atoms with Crippen molar-refractivity contribution in [1.29, 1.82) is 0 Å². The van der Waals surface area contributed by atoms with Gasteiger partial charge in [0.05, 0.1) is 6.42 Å². The number of hydrogen-bond donors (Lipinski definition) is 1. The highest BCUT2D eigenvalue weighted by molar-refractivity contribution is 5.79. The minimum absolute atomic E-state index is 0.209. The van der Waals surface area contributed by atoms with E-state index in [0.29, 0.717) is 6.42 Å². The molecule has 1 aromatic carbocycles. The fourth-order valence-corrected chi connectivity index (χ4v) is 3.85. The van der Waals surface area contributed by atoms with Crippen LogP contribution in [-0.4, -0.2) is 40.4 Å². The number of aryl methyl sites for hydroxylation is 1. The lowest BCUT2D eigenvalue weighted by Crippen LogP contribution is -2.40. The van der Waals surface area contributed by atoms with Crippen molar-refractivity contribution in [3.63, 3.8) is 0 Å². The zero-order valence-corrected chi connectivity index (χ0v) is 15.4. The summed E-state index contributed by atoms with van der Waals surface area (Å²) in [6.45, 7) is 5.49. The molecule has 5 nitrogen and oxygen atoms in total. The van der Waals surface area contributed by atoms with Crippen LogP contribution >= 0.6 is 0 Å². The van der Waals surface area contributed by atoms with Crippen molar-refractivity contribution >= 4 is 5.91 Å². The Bertz CT molecular complexity index is 787. The Balaban J connectivity index is 1.43. The van der Waals surface area contributed by atoms with Crippen molar-refractivity contribution in [3.8, 4) is 0 Å². The molecule has 0 spiro atoms. The molecule has 2 aliphatic rings. The number of hydrogen-bond acceptors (Lipinski definition) is 4. The smallest absolute Gasteiger partial charge is 0.227 e. The van der Waals surface area contributed by atoms with Crippen molar-refractivity contribution in [3.05, 3.63) is 58.7 Å². The molecular formula is C21H26N4O. The van der Waals surface area contributed by atoms with Gasteiger partial charge < -0.3 is 10.2 Å². The standard InChI is InChI=1S/C21H26N4O/c1-15-4-6-16(7-5-15)11-20(26)25-10-2-3-17(14-25)21-23-13-18-12-22-9-8-19(18)24-21/h4-7,13,17,22H,2-3,8-12,14H2,1H3/t17-/m1/s1. The van der Waals surface area contributed by atoms with Crippen molar-refractivity contribution < 1.29 is 4.79 Å². The average Bonchev–Trinajstić information content (AvgIpc) is 2.69. The number of benzene rings is 1. The predicted octanol–water partition coefficient (Wildman–Crippen LogP) is 2.38. The summed E-state index contributed by atoms with van der Waals surface area (Å²) >= 11 is 0. The molecule has 0 saturated carbocycles. The van der Waals surface area contributed by atoms with Crippen LogP contribution in [0.15, 0.2) is 30.5 Å². The maximum atomic E-state index is 12.7. The van der Waals surface area contributed by atoms with Crippen molar-refractivity contribution in [2.45, 2.75) is 45.1 Å². The number of likely N-dealkylation sites (tertiary alicyclic amines) is 1. The van der Waals surface area contributed by atoms with Gasteiger partial charge in [-0.05, 0) is 25.3 Å². The number of rotatable bonds is 3. The van der Waals surface area contributed by atoms with Gasteiger partial charge in [0.15, 0.2) is 0 Å². The first kappa shape index (κ1) is 17.2. The van der Waals surface area contributed by atoms with Gasteiger partial charge in [-0.3, -0.25) is 4.79 Å². The van der Waals surface area contributed by atoms with Crippen molar-refractivity contribution in [2.24, 2.45) is 0 Å². The van der Waals surface area contributed by atoms with Crippen LogP contribution < -0.4 is 5.32 Å². The Morgan fingerprint density at radius 2 is 2.15 bits per heavy atom. The zero-order chi connectivity index (χ0) is 17.9. The lowest BCUT2D eigenvalue weighted by Gasteiger charge is -2.32. The molecule has 136 valence electrons. The monoisotopic (exact) mass is 350 g/mol. The van der Waals surface area contributed by atoms with Crippen molar-refractivity contribution in [2.75, 3.05) is 19.6 Å². The third-order valence-corrected chi connectivity index (χ3v) is 5.44. The molecule has 2 aromatic rings. The number of carbonyl (C=O) groups is 1. The Hall–Kier alpha value is -2.27. The third-order valence-electron chi connectivity index (χ3n) is 5.44. The topological polar surface area (TPSA) is 58.1 Å². The molecule has 2 aliphatic heterocycles. The first-order valence-electron chi connectivity index (χ1n) is 9.58. The fourth-order valence-electron chi connectivity index (χ4n) is 3.85. The van der Waals surface area contributed by atoms with Crippen LogP contribution in [0.25, 0.3) is 0 Å². The van der Waals surface area contributed by atoms with Gasteiger partial charge in [0.1, 0.15) is 5.82 Å². The highest BCUT2D eigenvalue weighted by atomic mass is 16.2. The van der Waals surface area contributed by atoms with Gasteiger partial charge in [0.2, 0.25) is 5.91 Å². The fraction of sp³-hybridized carbons (Fsp3) is 0.476. The van der Waals surface area contributed by atoms with Crippen LogP contribution in [0.5, 0.6) is 0 Å². The summed E-state index contributed by atoms with van der Waals surface area (Å²) in [6, 6.07) is 8.24. The molecule has 1 amide bonds. The molecule has 4 rings (SSSR count). The van der Waals surface area contributed by atoms with Crippen LogP contribution in [0.3, 0.4) is 0 Å². The second-order valence-corrected chi connectivity index (χ2v) is 7.47. The van der Waals surface area contributed by atoms with Gasteiger partial charge in [-0.2, -0.15) is 0 Å². The van der Waals surface area contributed by atoms with E-state index >= 15 is 0 Å². The van der Waals surface area contributed by atoms with E-state index in [9.17, 15) is 4.79 Å². The second kappa shape index (κ2) is 7.54. The Morgan fingerprint density at radius 3 is 3.00 bits per heavy atom. The first-order chi connectivity index (χ1) is 12.7. The molecule has 1 fully saturated rings. The van der Waals surface area contributed by atoms with E-state index in [2.05, 4.69) is 41.5 Å². The van der Waals surface area contributed by atoms with Gasteiger partial charge in [-0.25, -0.2) is 9.97 Å². The quantitative estimate of drug-likeness (QED) is 0.923. The molecule has 0 bridgehead atoms. The SMILES string of the molecule is Cc1ccc(CC(=O)N2CCC[C@@H](c3ncc4c(n3)CCNC4)C2)cc1. The molecule has 0 unspecified atom stereocenters. The molecule has 1 atom stereocenters. The number of carbonyl (C=O) groups excluding carboxylic acids is 1. The molecule has 3 heterocycles. The van der Waals surface area contributed by atoms with E-state index in [-0.39, 0.29) is 11.8 Å². The summed E-state index contributed by atoms with van der Waals surface area (Å²) < 4.78 is 0. The predicted molar refractivity (Wildman–Crippen MR) is 101 cm³/mol. The molecular weight excluding hydrogens is 324 g/mol. The Labute approximate surface area is 154 Å². The van der Waals surface area contributed by atoms with Gasteiger partial charge in [0.25, 0.3) is 0 Å². The summed E-state index contributed by atoms with van der Waals surface area (Å²) in [4.78, 5) is 24.2. The van der Waals surface area contributed by atoms with E-state index in [1.54, 1.807) is 0 Å². The number of nitrogens with zero attached hydrogens (tertiary/aromatic N) is 3. The van der Waals surface area contributed by atoms with Gasteiger partial charge in [0, 0.05) is 56.0 Å². The van der Waals surface area contributed by atoms with Gasteiger partial charge in [-0.1, -0.05) is 29.8 Å². The average molecular weight is 350 g/mol. The number of piperidine rings is 1. The summed E-state index contributed by atoms with van der Waals surface area (Å²) in [5.41, 5.74) is 4.69. The largest absolute Gasteiger partial charge is 0.342 e. The van der Waals surface area contributed by atoms with E-state index in [1.807, 2.05) is 11.1 Å². The summed E-state index contributed by atoms with van der Waals surface area (Å²) in [5.74, 6) is 1.38. The second-order valence-electron chi connectivity index (χ2n) is 7.47. The van der Waals surface area contributed by atoms with Gasteiger partial charge >= 0.3 is 0 Å². The summed E-state index contributed by atoms with van der Waals surface area (Å²) in [6.07, 6.45) is 5.49. The minimum Gasteiger partial charge on any atom is -0.342 e. The van der Waals surface area contributed by atoms with Crippen LogP contribution in [0.1, 0.15) is 47.0 Å². The lowest BCUT2D eigenvalue weighted by atomic mass is 9.96. The van der Waals surface area contributed by atoms with E-state index in [0.717, 1.165) is 56.8 Å².